The van der Waals surface area contributed by atoms with Gasteiger partial charge in [-0.2, -0.15) is 0 Å². The van der Waals surface area contributed by atoms with Crippen molar-refractivity contribution in [3.63, 3.8) is 0 Å². The van der Waals surface area contributed by atoms with Crippen LogP contribution in [0, 0.1) is 72.0 Å². The molecule has 0 fully saturated rings. The third-order valence-corrected chi connectivity index (χ3v) is 5.19. The number of hydrogen-bond donors (Lipinski definition) is 0. The Bertz CT molecular complexity index is 1140. The standard InChI is InChI=1S/C21H11BF10O/c1-6-14(25)18(29)12(19(30)15(6)26)22(11-9(23)4-8(33-3)5-10(11)24)13-20(31)16(27)7(2)17(28)21(13)32/h4-5H,1-3H3. The molecule has 3 rings (SSSR count). The molecule has 0 atom stereocenters. The number of benzene rings is 3. The summed E-state index contributed by atoms with van der Waals surface area (Å²) in [7, 11) is 0.986. The van der Waals surface area contributed by atoms with Crippen molar-refractivity contribution in [1.29, 1.82) is 0 Å². The summed E-state index contributed by atoms with van der Waals surface area (Å²) in [5.74, 6) is -21.2. The Hall–Kier alpha value is -3.18. The number of methoxy groups -OCH3 is 1. The zero-order valence-electron chi connectivity index (χ0n) is 16.9. The molecule has 0 radical (unpaired) electrons. The van der Waals surface area contributed by atoms with Gasteiger partial charge in [0, 0.05) is 39.6 Å². The Labute approximate surface area is 180 Å². The van der Waals surface area contributed by atoms with Crippen molar-refractivity contribution in [2.75, 3.05) is 7.11 Å². The lowest BCUT2D eigenvalue weighted by molar-refractivity contribution is 0.407. The zero-order valence-corrected chi connectivity index (χ0v) is 16.9. The van der Waals surface area contributed by atoms with E-state index in [-0.39, 0.29) is 0 Å². The minimum Gasteiger partial charge on any atom is -0.497 e. The molecule has 0 aliphatic rings. The van der Waals surface area contributed by atoms with Gasteiger partial charge in [-0.05, 0) is 13.8 Å². The molecule has 12 heteroatoms. The molecule has 174 valence electrons. The van der Waals surface area contributed by atoms with E-state index in [1.165, 1.54) is 0 Å². The SMILES string of the molecule is COc1cc(F)c(B(c2c(F)c(F)c(C)c(F)c2F)c2c(F)c(F)c(C)c(F)c2F)c(F)c1. The summed E-state index contributed by atoms with van der Waals surface area (Å²) in [6.45, 7) is -1.78. The molecule has 3 aromatic carbocycles. The van der Waals surface area contributed by atoms with Crippen LogP contribution in [-0.2, 0) is 0 Å². The summed E-state index contributed by atoms with van der Waals surface area (Å²) < 4.78 is 150. The molecule has 0 aliphatic carbocycles. The second kappa shape index (κ2) is 8.64. The van der Waals surface area contributed by atoms with Crippen molar-refractivity contribution >= 4 is 23.1 Å². The van der Waals surface area contributed by atoms with E-state index in [0.29, 0.717) is 26.0 Å². The van der Waals surface area contributed by atoms with Crippen LogP contribution in [0.25, 0.3) is 0 Å². The predicted molar refractivity (Wildman–Crippen MR) is 99.6 cm³/mol. The average molecular weight is 480 g/mol. The van der Waals surface area contributed by atoms with E-state index in [0.717, 1.165) is 7.11 Å². The molecular weight excluding hydrogens is 469 g/mol. The van der Waals surface area contributed by atoms with Crippen molar-refractivity contribution in [3.8, 4) is 5.75 Å². The van der Waals surface area contributed by atoms with Crippen LogP contribution in [0.5, 0.6) is 5.75 Å². The number of rotatable bonds is 4. The van der Waals surface area contributed by atoms with E-state index in [2.05, 4.69) is 4.74 Å². The van der Waals surface area contributed by atoms with Crippen molar-refractivity contribution in [1.82, 2.24) is 0 Å². The molecule has 0 N–H and O–H groups in total. The molecular formula is C21H11BF10O. The van der Waals surface area contributed by atoms with E-state index in [4.69, 9.17) is 0 Å². The predicted octanol–water partition coefficient (Wildman–Crippen LogP) is 4.22. The van der Waals surface area contributed by atoms with E-state index in [1.807, 2.05) is 0 Å². The highest BCUT2D eigenvalue weighted by Crippen LogP contribution is 2.23. The second-order valence-corrected chi connectivity index (χ2v) is 7.03. The summed E-state index contributed by atoms with van der Waals surface area (Å²) in [5, 5.41) is 0. The monoisotopic (exact) mass is 480 g/mol. The molecule has 0 aromatic heterocycles. The lowest BCUT2D eigenvalue weighted by atomic mass is 9.36. The molecule has 0 aliphatic heterocycles. The molecule has 3 aromatic rings. The number of hydrogen-bond acceptors (Lipinski definition) is 1. The summed E-state index contributed by atoms with van der Waals surface area (Å²) >= 11 is 0. The van der Waals surface area contributed by atoms with E-state index in [9.17, 15) is 43.9 Å². The molecule has 33 heavy (non-hydrogen) atoms. The summed E-state index contributed by atoms with van der Waals surface area (Å²) in [5.41, 5.74) is -7.73. The first-order valence-corrected chi connectivity index (χ1v) is 9.02. The first kappa shape index (κ1) is 24.5. The van der Waals surface area contributed by atoms with Crippen LogP contribution in [0.2, 0.25) is 0 Å². The van der Waals surface area contributed by atoms with Crippen molar-refractivity contribution in [2.45, 2.75) is 13.8 Å². The fourth-order valence-electron chi connectivity index (χ4n) is 3.41. The minimum absolute atomic E-state index is 0.429. The van der Waals surface area contributed by atoms with Gasteiger partial charge in [-0.1, -0.05) is 0 Å². The molecule has 0 bridgehead atoms. The second-order valence-electron chi connectivity index (χ2n) is 7.03. The quantitative estimate of drug-likeness (QED) is 0.309. The van der Waals surface area contributed by atoms with Crippen LogP contribution >= 0.6 is 0 Å². The van der Waals surface area contributed by atoms with E-state index >= 15 is 0 Å². The molecule has 0 saturated carbocycles. The fourth-order valence-corrected chi connectivity index (χ4v) is 3.41. The molecule has 0 amide bonds. The van der Waals surface area contributed by atoms with E-state index < -0.39 is 98.1 Å². The highest BCUT2D eigenvalue weighted by atomic mass is 19.2. The molecule has 0 heterocycles. The maximum absolute atomic E-state index is 14.8. The number of ether oxygens (including phenoxy) is 1. The summed E-state index contributed by atoms with van der Waals surface area (Å²) in [4.78, 5) is 0. The van der Waals surface area contributed by atoms with Gasteiger partial charge in [-0.3, -0.25) is 0 Å². The summed E-state index contributed by atoms with van der Waals surface area (Å²) in [6.07, 6.45) is 0. The third kappa shape index (κ3) is 3.70. The van der Waals surface area contributed by atoms with Crippen LogP contribution in [0.3, 0.4) is 0 Å². The van der Waals surface area contributed by atoms with Crippen molar-refractivity contribution in [2.24, 2.45) is 0 Å². The molecule has 0 saturated heterocycles. The maximum atomic E-state index is 14.8. The normalized spacial score (nSPS) is 11.2. The van der Waals surface area contributed by atoms with Gasteiger partial charge >= 0.3 is 0 Å². The van der Waals surface area contributed by atoms with Crippen LogP contribution < -0.4 is 21.1 Å². The van der Waals surface area contributed by atoms with Gasteiger partial charge in [0.15, 0.2) is 46.5 Å². The Kier molecular flexibility index (Phi) is 6.41. The Balaban J connectivity index is 2.59. The zero-order chi connectivity index (χ0) is 24.9. The highest BCUT2D eigenvalue weighted by molar-refractivity contribution is 6.95. The van der Waals surface area contributed by atoms with Gasteiger partial charge in [0.05, 0.1) is 7.11 Å². The summed E-state index contributed by atoms with van der Waals surface area (Å²) in [6, 6.07) is 0.859. The van der Waals surface area contributed by atoms with Gasteiger partial charge in [0.1, 0.15) is 17.4 Å². The van der Waals surface area contributed by atoms with Crippen LogP contribution in [0.4, 0.5) is 43.9 Å². The Morgan fingerprint density at radius 2 is 0.818 bits per heavy atom. The van der Waals surface area contributed by atoms with Gasteiger partial charge in [0.25, 0.3) is 6.71 Å². The number of halogens is 10. The molecule has 0 unspecified atom stereocenters. The van der Waals surface area contributed by atoms with E-state index in [1.54, 1.807) is 0 Å². The largest absolute Gasteiger partial charge is 0.497 e. The van der Waals surface area contributed by atoms with Gasteiger partial charge < -0.3 is 4.74 Å². The minimum atomic E-state index is -3.02. The Morgan fingerprint density at radius 3 is 1.09 bits per heavy atom. The average Bonchev–Trinajstić information content (AvgIpc) is 2.78. The highest BCUT2D eigenvalue weighted by Gasteiger charge is 2.42. The topological polar surface area (TPSA) is 9.23 Å². The van der Waals surface area contributed by atoms with Gasteiger partial charge in [-0.15, -0.1) is 0 Å². The van der Waals surface area contributed by atoms with Crippen LogP contribution in [0.15, 0.2) is 12.1 Å². The lowest BCUT2D eigenvalue weighted by Crippen LogP contribution is -2.60. The van der Waals surface area contributed by atoms with Crippen molar-refractivity contribution in [3.05, 3.63) is 81.4 Å². The first-order valence-electron chi connectivity index (χ1n) is 9.02. The lowest BCUT2D eigenvalue weighted by Gasteiger charge is -2.22. The van der Waals surface area contributed by atoms with Crippen molar-refractivity contribution < 1.29 is 48.6 Å². The fraction of sp³-hybridized carbons (Fsp3) is 0.143. The van der Waals surface area contributed by atoms with Crippen LogP contribution in [0.1, 0.15) is 11.1 Å². The van der Waals surface area contributed by atoms with Crippen LogP contribution in [-0.4, -0.2) is 13.8 Å². The molecule has 1 nitrogen and oxygen atoms in total. The first-order chi connectivity index (χ1) is 15.3. The van der Waals surface area contributed by atoms with Gasteiger partial charge in [0.2, 0.25) is 0 Å². The smallest absolute Gasteiger partial charge is 0.264 e. The maximum Gasteiger partial charge on any atom is 0.264 e. The Morgan fingerprint density at radius 1 is 0.515 bits per heavy atom. The van der Waals surface area contributed by atoms with Gasteiger partial charge in [-0.25, -0.2) is 43.9 Å². The molecule has 0 spiro atoms. The third-order valence-electron chi connectivity index (χ3n) is 5.19.